The quantitative estimate of drug-likeness (QED) is 0.926. The minimum atomic E-state index is -0.879. The molecule has 2 heterocycles. The number of amides is 1. The number of carboxylic acids is 1. The number of rotatable bonds is 3. The number of carbonyl (C=O) groups is 2. The molecule has 126 valence electrons. The minimum absolute atomic E-state index is 0.183. The van der Waals surface area contributed by atoms with E-state index in [0.29, 0.717) is 29.2 Å². The average Bonchev–Trinajstić information content (AvgIpc) is 3.12. The van der Waals surface area contributed by atoms with Gasteiger partial charge in [0.1, 0.15) is 0 Å². The van der Waals surface area contributed by atoms with Crippen LogP contribution in [0.5, 0.6) is 0 Å². The molecule has 0 saturated carbocycles. The molecular weight excluding hydrogens is 330 g/mol. The van der Waals surface area contributed by atoms with Crippen molar-refractivity contribution in [1.29, 1.82) is 0 Å². The maximum absolute atomic E-state index is 12.7. The van der Waals surface area contributed by atoms with E-state index >= 15 is 0 Å². The highest BCUT2D eigenvalue weighted by Gasteiger charge is 2.42. The van der Waals surface area contributed by atoms with Gasteiger partial charge in [-0.05, 0) is 44.5 Å². The third kappa shape index (κ3) is 2.89. The number of carboxylic acid groups (broad SMARTS) is 1. The second-order valence-corrected chi connectivity index (χ2v) is 6.83. The number of benzene rings is 1. The van der Waals surface area contributed by atoms with Crippen LogP contribution in [-0.4, -0.2) is 44.8 Å². The first-order chi connectivity index (χ1) is 11.3. The molecule has 6 nitrogen and oxygen atoms in total. The van der Waals surface area contributed by atoms with Crippen LogP contribution in [0.3, 0.4) is 0 Å². The van der Waals surface area contributed by atoms with E-state index in [2.05, 4.69) is 5.10 Å². The maximum Gasteiger partial charge on any atom is 0.311 e. The minimum Gasteiger partial charge on any atom is -0.481 e. The highest BCUT2D eigenvalue weighted by molar-refractivity contribution is 6.30. The third-order valence-electron chi connectivity index (χ3n) is 4.50. The molecule has 1 amide bonds. The van der Waals surface area contributed by atoms with Gasteiger partial charge in [-0.1, -0.05) is 11.6 Å². The van der Waals surface area contributed by atoms with Crippen molar-refractivity contribution in [1.82, 2.24) is 14.7 Å². The number of aromatic nitrogens is 2. The van der Waals surface area contributed by atoms with E-state index in [1.54, 1.807) is 41.8 Å². The monoisotopic (exact) mass is 347 g/mol. The Bertz CT molecular complexity index is 800. The van der Waals surface area contributed by atoms with Crippen LogP contribution in [0.1, 0.15) is 29.4 Å². The summed E-state index contributed by atoms with van der Waals surface area (Å²) in [6.07, 6.45) is 2.13. The molecule has 24 heavy (non-hydrogen) atoms. The molecule has 1 N–H and O–H groups in total. The van der Waals surface area contributed by atoms with Crippen molar-refractivity contribution in [2.45, 2.75) is 20.3 Å². The number of likely N-dealkylation sites (tertiary alicyclic amines) is 1. The summed E-state index contributed by atoms with van der Waals surface area (Å²) < 4.78 is 1.63. The first-order valence-corrected chi connectivity index (χ1v) is 8.03. The zero-order valence-electron chi connectivity index (χ0n) is 13.5. The van der Waals surface area contributed by atoms with Crippen LogP contribution in [0.25, 0.3) is 5.69 Å². The fourth-order valence-electron chi connectivity index (χ4n) is 2.88. The van der Waals surface area contributed by atoms with Crippen LogP contribution < -0.4 is 0 Å². The molecule has 1 aliphatic rings. The average molecular weight is 348 g/mol. The Hall–Kier alpha value is -2.34. The van der Waals surface area contributed by atoms with Gasteiger partial charge in [-0.2, -0.15) is 5.10 Å². The van der Waals surface area contributed by atoms with E-state index in [1.807, 2.05) is 12.1 Å². The van der Waals surface area contributed by atoms with Gasteiger partial charge >= 0.3 is 5.97 Å². The molecule has 0 spiro atoms. The van der Waals surface area contributed by atoms with E-state index in [-0.39, 0.29) is 12.5 Å². The number of hydrogen-bond acceptors (Lipinski definition) is 3. The zero-order valence-corrected chi connectivity index (χ0v) is 14.2. The molecule has 1 unspecified atom stereocenters. The van der Waals surface area contributed by atoms with Crippen molar-refractivity contribution in [2.75, 3.05) is 13.1 Å². The number of hydrogen-bond donors (Lipinski definition) is 1. The normalized spacial score (nSPS) is 20.4. The fraction of sp³-hybridized carbons (Fsp3) is 0.353. The van der Waals surface area contributed by atoms with Crippen molar-refractivity contribution >= 4 is 23.5 Å². The highest BCUT2D eigenvalue weighted by Crippen LogP contribution is 2.31. The van der Waals surface area contributed by atoms with Gasteiger partial charge in [0.15, 0.2) is 0 Å². The van der Waals surface area contributed by atoms with Gasteiger partial charge in [-0.25, -0.2) is 4.68 Å². The van der Waals surface area contributed by atoms with Crippen molar-refractivity contribution < 1.29 is 14.7 Å². The maximum atomic E-state index is 12.7. The van der Waals surface area contributed by atoms with E-state index in [4.69, 9.17) is 11.6 Å². The topological polar surface area (TPSA) is 75.4 Å². The summed E-state index contributed by atoms with van der Waals surface area (Å²) in [7, 11) is 0. The molecule has 1 saturated heterocycles. The van der Waals surface area contributed by atoms with Crippen LogP contribution in [-0.2, 0) is 4.79 Å². The Labute approximate surface area is 144 Å². The molecule has 2 aromatic rings. The Morgan fingerprint density at radius 3 is 2.54 bits per heavy atom. The van der Waals surface area contributed by atoms with Crippen LogP contribution in [0, 0.1) is 12.3 Å². The first-order valence-electron chi connectivity index (χ1n) is 7.65. The lowest BCUT2D eigenvalue weighted by atomic mass is 9.90. The lowest BCUT2D eigenvalue weighted by Crippen LogP contribution is -2.35. The lowest BCUT2D eigenvalue weighted by Gasteiger charge is -2.19. The molecule has 1 aromatic carbocycles. The Kier molecular flexibility index (Phi) is 4.09. The summed E-state index contributed by atoms with van der Waals surface area (Å²) >= 11 is 5.89. The highest BCUT2D eigenvalue weighted by atomic mass is 35.5. The summed E-state index contributed by atoms with van der Waals surface area (Å²) in [5.74, 6) is -1.05. The van der Waals surface area contributed by atoms with Crippen LogP contribution in [0.15, 0.2) is 30.5 Å². The van der Waals surface area contributed by atoms with Crippen LogP contribution >= 0.6 is 11.6 Å². The standard InChI is InChI=1S/C17H18ClN3O3/c1-11-14(9-21(19-11)13-5-3-12(18)4-6-13)15(22)20-8-7-17(2,10-20)16(23)24/h3-6,9H,7-8,10H2,1-2H3,(H,23,24). The second kappa shape index (κ2) is 5.94. The van der Waals surface area contributed by atoms with Crippen molar-refractivity contribution in [2.24, 2.45) is 5.41 Å². The van der Waals surface area contributed by atoms with Crippen molar-refractivity contribution in [3.05, 3.63) is 46.7 Å². The molecule has 0 aliphatic carbocycles. The summed E-state index contributed by atoms with van der Waals surface area (Å²) in [6, 6.07) is 7.16. The van der Waals surface area contributed by atoms with Gasteiger partial charge in [0.25, 0.3) is 5.91 Å². The Morgan fingerprint density at radius 2 is 1.96 bits per heavy atom. The zero-order chi connectivity index (χ0) is 17.5. The van der Waals surface area contributed by atoms with Gasteiger partial charge in [0.05, 0.1) is 22.4 Å². The van der Waals surface area contributed by atoms with E-state index in [9.17, 15) is 14.7 Å². The number of carbonyl (C=O) groups excluding carboxylic acids is 1. The second-order valence-electron chi connectivity index (χ2n) is 6.39. The summed E-state index contributed by atoms with van der Waals surface area (Å²) in [6.45, 7) is 4.10. The molecule has 1 aliphatic heterocycles. The molecule has 1 fully saturated rings. The molecule has 0 bridgehead atoms. The predicted octanol–water partition coefficient (Wildman–Crippen LogP) is 2.77. The van der Waals surface area contributed by atoms with Crippen molar-refractivity contribution in [3.8, 4) is 5.69 Å². The molecular formula is C17H18ClN3O3. The van der Waals surface area contributed by atoms with Gasteiger partial charge < -0.3 is 10.0 Å². The molecule has 1 aromatic heterocycles. The number of nitrogens with zero attached hydrogens (tertiary/aromatic N) is 3. The number of aryl methyl sites for hydroxylation is 1. The van der Waals surface area contributed by atoms with E-state index in [0.717, 1.165) is 5.69 Å². The van der Waals surface area contributed by atoms with Crippen LogP contribution in [0.2, 0.25) is 5.02 Å². The molecule has 0 radical (unpaired) electrons. The third-order valence-corrected chi connectivity index (χ3v) is 4.75. The predicted molar refractivity (Wildman–Crippen MR) is 89.6 cm³/mol. The summed E-state index contributed by atoms with van der Waals surface area (Å²) in [4.78, 5) is 25.7. The Morgan fingerprint density at radius 1 is 1.29 bits per heavy atom. The van der Waals surface area contributed by atoms with E-state index < -0.39 is 11.4 Å². The molecule has 1 atom stereocenters. The lowest BCUT2D eigenvalue weighted by molar-refractivity contribution is -0.147. The number of halogens is 1. The number of aliphatic carboxylic acids is 1. The smallest absolute Gasteiger partial charge is 0.311 e. The summed E-state index contributed by atoms with van der Waals surface area (Å²) in [5, 5.41) is 14.3. The van der Waals surface area contributed by atoms with Crippen LogP contribution in [0.4, 0.5) is 0 Å². The van der Waals surface area contributed by atoms with Gasteiger partial charge in [0.2, 0.25) is 0 Å². The molecule has 7 heteroatoms. The largest absolute Gasteiger partial charge is 0.481 e. The summed E-state index contributed by atoms with van der Waals surface area (Å²) in [5.41, 5.74) is 1.02. The van der Waals surface area contributed by atoms with Gasteiger partial charge in [-0.15, -0.1) is 0 Å². The van der Waals surface area contributed by atoms with Gasteiger partial charge in [0, 0.05) is 24.3 Å². The van der Waals surface area contributed by atoms with Crippen molar-refractivity contribution in [3.63, 3.8) is 0 Å². The SMILES string of the molecule is Cc1nn(-c2ccc(Cl)cc2)cc1C(=O)N1CCC(C)(C(=O)O)C1. The molecule has 3 rings (SSSR count). The first kappa shape index (κ1) is 16.5. The Balaban J connectivity index is 1.84. The fourth-order valence-corrected chi connectivity index (χ4v) is 3.00. The van der Waals surface area contributed by atoms with E-state index in [1.165, 1.54) is 0 Å². The van der Waals surface area contributed by atoms with Gasteiger partial charge in [-0.3, -0.25) is 9.59 Å².